The van der Waals surface area contributed by atoms with Crippen LogP contribution in [0.4, 0.5) is 17.1 Å². The Balaban J connectivity index is 1.88. The Morgan fingerprint density at radius 3 is 2.53 bits per heavy atom. The van der Waals surface area contributed by atoms with Crippen LogP contribution in [0.3, 0.4) is 0 Å². The van der Waals surface area contributed by atoms with E-state index in [4.69, 9.17) is 0 Å². The van der Waals surface area contributed by atoms with E-state index in [-0.39, 0.29) is 10.6 Å². The smallest absolute Gasteiger partial charge is 0.273 e. The first kappa shape index (κ1) is 12.3. The second-order valence-electron chi connectivity index (χ2n) is 5.60. The first-order chi connectivity index (χ1) is 9.17. The lowest BCUT2D eigenvalue weighted by Crippen LogP contribution is -2.20. The van der Waals surface area contributed by atoms with Crippen LogP contribution in [0.1, 0.15) is 19.3 Å². The number of hydrogen-bond acceptors (Lipinski definition) is 4. The molecule has 2 aliphatic rings. The number of nitro benzene ring substituents is 1. The number of nitrogens with zero attached hydrogens (tertiary/aromatic N) is 2. The van der Waals surface area contributed by atoms with Gasteiger partial charge in [-0.25, -0.2) is 0 Å². The Morgan fingerprint density at radius 1 is 1.26 bits per heavy atom. The largest absolute Gasteiger partial charge is 0.388 e. The van der Waals surface area contributed by atoms with E-state index < -0.39 is 0 Å². The third-order valence-electron chi connectivity index (χ3n) is 4.49. The highest BCUT2D eigenvalue weighted by atomic mass is 16.6. The molecule has 102 valence electrons. The van der Waals surface area contributed by atoms with Crippen molar-refractivity contribution < 1.29 is 4.92 Å². The molecule has 1 aromatic carbocycles. The molecule has 2 fully saturated rings. The third-order valence-corrected chi connectivity index (χ3v) is 4.49. The van der Waals surface area contributed by atoms with Crippen molar-refractivity contribution in [1.82, 2.24) is 0 Å². The first-order valence-corrected chi connectivity index (χ1v) is 6.89. The second-order valence-corrected chi connectivity index (χ2v) is 5.60. The summed E-state index contributed by atoms with van der Waals surface area (Å²) >= 11 is 0. The van der Waals surface area contributed by atoms with Crippen LogP contribution in [0.15, 0.2) is 18.2 Å². The van der Waals surface area contributed by atoms with Gasteiger partial charge in [-0.1, -0.05) is 6.42 Å². The monoisotopic (exact) mass is 261 g/mol. The molecular formula is C14H19N3O2. The Labute approximate surface area is 112 Å². The summed E-state index contributed by atoms with van der Waals surface area (Å²) in [6, 6.07) is 5.29. The first-order valence-electron chi connectivity index (χ1n) is 6.89. The molecule has 19 heavy (non-hydrogen) atoms. The predicted molar refractivity (Wildman–Crippen MR) is 75.7 cm³/mol. The summed E-state index contributed by atoms with van der Waals surface area (Å²) in [5.74, 6) is 1.58. The molecule has 2 atom stereocenters. The van der Waals surface area contributed by atoms with E-state index in [1.54, 1.807) is 19.2 Å². The van der Waals surface area contributed by atoms with Crippen molar-refractivity contribution in [2.45, 2.75) is 19.3 Å². The van der Waals surface area contributed by atoms with Crippen molar-refractivity contribution in [3.05, 3.63) is 28.3 Å². The maximum absolute atomic E-state index is 11.0. The summed E-state index contributed by atoms with van der Waals surface area (Å²) in [5.41, 5.74) is 1.95. The maximum atomic E-state index is 11.0. The Bertz CT molecular complexity index is 491. The summed E-state index contributed by atoms with van der Waals surface area (Å²) in [5, 5.41) is 14.0. The van der Waals surface area contributed by atoms with Crippen molar-refractivity contribution in [3.8, 4) is 0 Å². The van der Waals surface area contributed by atoms with Crippen molar-refractivity contribution in [2.75, 3.05) is 30.4 Å². The summed E-state index contributed by atoms with van der Waals surface area (Å²) in [4.78, 5) is 13.0. The number of non-ortho nitro benzene ring substituents is 1. The molecule has 3 rings (SSSR count). The second kappa shape index (κ2) is 4.72. The molecule has 1 aliphatic heterocycles. The Morgan fingerprint density at radius 2 is 1.95 bits per heavy atom. The van der Waals surface area contributed by atoms with Gasteiger partial charge in [-0.15, -0.1) is 0 Å². The normalized spacial score (nSPS) is 25.4. The molecule has 0 radical (unpaired) electrons. The van der Waals surface area contributed by atoms with Crippen molar-refractivity contribution in [1.29, 1.82) is 0 Å². The summed E-state index contributed by atoms with van der Waals surface area (Å²) in [6.07, 6.45) is 3.98. The van der Waals surface area contributed by atoms with Crippen LogP contribution in [0, 0.1) is 22.0 Å². The molecule has 0 bridgehead atoms. The standard InChI is InChI=1S/C14H19N3O2/c1-15-12-5-13(7-14(6-12)17(18)19)16-8-10-3-2-4-11(10)9-16/h5-7,10-11,15H,2-4,8-9H2,1H3. The van der Waals surface area contributed by atoms with Crippen molar-refractivity contribution in [3.63, 3.8) is 0 Å². The molecule has 1 saturated heterocycles. The fraction of sp³-hybridized carbons (Fsp3) is 0.571. The molecule has 5 nitrogen and oxygen atoms in total. The number of hydrogen-bond donors (Lipinski definition) is 1. The van der Waals surface area contributed by atoms with Gasteiger partial charge < -0.3 is 10.2 Å². The van der Waals surface area contributed by atoms with E-state index in [9.17, 15) is 10.1 Å². The Hall–Kier alpha value is -1.78. The van der Waals surface area contributed by atoms with Gasteiger partial charge in [0.05, 0.1) is 4.92 Å². The zero-order valence-electron chi connectivity index (χ0n) is 11.1. The summed E-state index contributed by atoms with van der Waals surface area (Å²) < 4.78 is 0. The van der Waals surface area contributed by atoms with Gasteiger partial charge in [0, 0.05) is 43.6 Å². The van der Waals surface area contributed by atoms with Crippen LogP contribution in [0.25, 0.3) is 0 Å². The van der Waals surface area contributed by atoms with Gasteiger partial charge in [0.1, 0.15) is 0 Å². The highest BCUT2D eigenvalue weighted by molar-refractivity contribution is 5.64. The lowest BCUT2D eigenvalue weighted by molar-refractivity contribution is -0.384. The Kier molecular flexibility index (Phi) is 3.05. The van der Waals surface area contributed by atoms with Gasteiger partial charge in [-0.05, 0) is 30.7 Å². The molecule has 0 amide bonds. The minimum atomic E-state index is -0.318. The van der Waals surface area contributed by atoms with Crippen LogP contribution >= 0.6 is 0 Å². The predicted octanol–water partition coefficient (Wildman–Crippen LogP) is 2.87. The topological polar surface area (TPSA) is 58.4 Å². The van der Waals surface area contributed by atoms with E-state index in [1.165, 1.54) is 19.3 Å². The molecule has 1 aliphatic carbocycles. The zero-order valence-corrected chi connectivity index (χ0v) is 11.1. The molecule has 0 spiro atoms. The lowest BCUT2D eigenvalue weighted by Gasteiger charge is -2.20. The minimum Gasteiger partial charge on any atom is -0.388 e. The number of nitrogens with one attached hydrogen (secondary N) is 1. The highest BCUT2D eigenvalue weighted by Gasteiger charge is 2.36. The number of benzene rings is 1. The van der Waals surface area contributed by atoms with Gasteiger partial charge in [-0.2, -0.15) is 0 Å². The van der Waals surface area contributed by atoms with Crippen LogP contribution < -0.4 is 10.2 Å². The number of anilines is 2. The summed E-state index contributed by atoms with van der Waals surface area (Å²) in [7, 11) is 1.79. The fourth-order valence-corrected chi connectivity index (χ4v) is 3.47. The SMILES string of the molecule is CNc1cc(N2CC3CCCC3C2)cc([N+](=O)[O-])c1. The maximum Gasteiger partial charge on any atom is 0.273 e. The van der Waals surface area contributed by atoms with Crippen LogP contribution in [0.5, 0.6) is 0 Å². The quantitative estimate of drug-likeness (QED) is 0.671. The van der Waals surface area contributed by atoms with E-state index in [0.717, 1.165) is 36.3 Å². The van der Waals surface area contributed by atoms with E-state index in [0.29, 0.717) is 0 Å². The van der Waals surface area contributed by atoms with Gasteiger partial charge in [0.25, 0.3) is 5.69 Å². The van der Waals surface area contributed by atoms with Gasteiger partial charge in [-0.3, -0.25) is 10.1 Å². The average molecular weight is 261 g/mol. The molecule has 1 saturated carbocycles. The van der Waals surface area contributed by atoms with E-state index in [2.05, 4.69) is 10.2 Å². The third kappa shape index (κ3) is 2.25. The van der Waals surface area contributed by atoms with Crippen LogP contribution in [-0.2, 0) is 0 Å². The van der Waals surface area contributed by atoms with Gasteiger partial charge >= 0.3 is 0 Å². The van der Waals surface area contributed by atoms with Gasteiger partial charge in [0.15, 0.2) is 0 Å². The number of rotatable bonds is 3. The fourth-order valence-electron chi connectivity index (χ4n) is 3.47. The lowest BCUT2D eigenvalue weighted by atomic mass is 10.0. The van der Waals surface area contributed by atoms with Crippen molar-refractivity contribution >= 4 is 17.1 Å². The number of fused-ring (bicyclic) bond motifs is 1. The van der Waals surface area contributed by atoms with E-state index >= 15 is 0 Å². The van der Waals surface area contributed by atoms with E-state index in [1.807, 2.05) is 6.07 Å². The van der Waals surface area contributed by atoms with Crippen LogP contribution in [0.2, 0.25) is 0 Å². The van der Waals surface area contributed by atoms with Gasteiger partial charge in [0.2, 0.25) is 0 Å². The molecule has 2 unspecified atom stereocenters. The van der Waals surface area contributed by atoms with Crippen LogP contribution in [-0.4, -0.2) is 25.1 Å². The summed E-state index contributed by atoms with van der Waals surface area (Å²) in [6.45, 7) is 2.10. The molecule has 1 aromatic rings. The zero-order chi connectivity index (χ0) is 13.4. The average Bonchev–Trinajstić information content (AvgIpc) is 2.98. The molecule has 5 heteroatoms. The molecule has 1 heterocycles. The molecular weight excluding hydrogens is 242 g/mol. The molecule has 0 aromatic heterocycles. The minimum absolute atomic E-state index is 0.166. The van der Waals surface area contributed by atoms with Crippen molar-refractivity contribution in [2.24, 2.45) is 11.8 Å². The highest BCUT2D eigenvalue weighted by Crippen LogP contribution is 2.40. The molecule has 1 N–H and O–H groups in total. The number of nitro groups is 1.